The summed E-state index contributed by atoms with van der Waals surface area (Å²) in [6.45, 7) is 6.22. The lowest BCUT2D eigenvalue weighted by Gasteiger charge is -2.15. The molecule has 0 atom stereocenters. The molecule has 3 aromatic carbocycles. The molecule has 0 fully saturated rings. The van der Waals surface area contributed by atoms with Crippen LogP contribution in [0.15, 0.2) is 48.5 Å². The number of esters is 2. The lowest BCUT2D eigenvalue weighted by Crippen LogP contribution is -2.15. The lowest BCUT2D eigenvalue weighted by molar-refractivity contribution is 0.0599. The number of benzene rings is 3. The monoisotopic (exact) mass is 491 g/mol. The van der Waals surface area contributed by atoms with Crippen LogP contribution in [0.2, 0.25) is 0 Å². The minimum Gasteiger partial charge on any atom is -0.496 e. The summed E-state index contributed by atoms with van der Waals surface area (Å²) in [6.07, 6.45) is 0. The summed E-state index contributed by atoms with van der Waals surface area (Å²) in [4.78, 5) is 37.1. The smallest absolute Gasteiger partial charge is 0.337 e. The Morgan fingerprint density at radius 3 is 1.97 bits per heavy atom. The molecule has 188 valence electrons. The van der Waals surface area contributed by atoms with Gasteiger partial charge in [0.25, 0.3) is 5.91 Å². The third kappa shape index (κ3) is 6.02. The zero-order valence-electron chi connectivity index (χ0n) is 21.2. The summed E-state index contributed by atoms with van der Waals surface area (Å²) >= 11 is 0. The number of hydrogen-bond donors (Lipinski definition) is 1. The van der Waals surface area contributed by atoms with Crippen LogP contribution < -0.4 is 14.8 Å². The van der Waals surface area contributed by atoms with Crippen LogP contribution in [0.25, 0.3) is 0 Å². The fourth-order valence-corrected chi connectivity index (χ4v) is 3.71. The molecule has 3 rings (SSSR count). The lowest BCUT2D eigenvalue weighted by atomic mass is 10.1. The van der Waals surface area contributed by atoms with Gasteiger partial charge in [-0.25, -0.2) is 9.59 Å². The molecule has 0 aliphatic carbocycles. The van der Waals surface area contributed by atoms with E-state index in [1.807, 2.05) is 26.8 Å². The van der Waals surface area contributed by atoms with Crippen LogP contribution >= 0.6 is 0 Å². The Morgan fingerprint density at radius 1 is 0.750 bits per heavy atom. The van der Waals surface area contributed by atoms with E-state index in [9.17, 15) is 14.4 Å². The van der Waals surface area contributed by atoms with Crippen molar-refractivity contribution in [1.29, 1.82) is 0 Å². The maximum absolute atomic E-state index is 13.1. The van der Waals surface area contributed by atoms with Crippen molar-refractivity contribution in [3.05, 3.63) is 87.5 Å². The zero-order valence-corrected chi connectivity index (χ0v) is 21.2. The summed E-state index contributed by atoms with van der Waals surface area (Å²) in [5, 5.41) is 2.72. The Kier molecular flexibility index (Phi) is 8.32. The van der Waals surface area contributed by atoms with E-state index in [1.54, 1.807) is 25.3 Å². The third-order valence-corrected chi connectivity index (χ3v) is 5.72. The van der Waals surface area contributed by atoms with E-state index in [2.05, 4.69) is 11.4 Å². The first-order chi connectivity index (χ1) is 17.2. The van der Waals surface area contributed by atoms with E-state index >= 15 is 0 Å². The number of carbonyl (C=O) groups excluding carboxylic acids is 3. The molecule has 0 spiro atoms. The van der Waals surface area contributed by atoms with Crippen LogP contribution in [-0.2, 0) is 16.1 Å². The number of ether oxygens (including phenoxy) is 4. The summed E-state index contributed by atoms with van der Waals surface area (Å²) in [5.41, 5.74) is 4.73. The molecular formula is C28H29NO7. The minimum atomic E-state index is -0.651. The van der Waals surface area contributed by atoms with Gasteiger partial charge in [-0.3, -0.25) is 4.79 Å². The Hall–Kier alpha value is -4.33. The highest BCUT2D eigenvalue weighted by molar-refractivity contribution is 6.06. The zero-order chi connectivity index (χ0) is 26.4. The van der Waals surface area contributed by atoms with E-state index in [1.165, 1.54) is 32.4 Å². The molecule has 8 nitrogen and oxygen atoms in total. The first-order valence-electron chi connectivity index (χ1n) is 11.2. The molecule has 0 radical (unpaired) electrons. The van der Waals surface area contributed by atoms with Gasteiger partial charge in [0.05, 0.1) is 32.5 Å². The number of aryl methyl sites for hydroxylation is 2. The summed E-state index contributed by atoms with van der Waals surface area (Å²) in [5.74, 6) is -0.406. The van der Waals surface area contributed by atoms with Gasteiger partial charge in [-0.05, 0) is 79.9 Å². The van der Waals surface area contributed by atoms with E-state index in [-0.39, 0.29) is 23.4 Å². The van der Waals surface area contributed by atoms with Crippen LogP contribution in [0.1, 0.15) is 53.3 Å². The number of hydrogen-bond acceptors (Lipinski definition) is 7. The van der Waals surface area contributed by atoms with E-state index in [0.29, 0.717) is 16.9 Å². The van der Waals surface area contributed by atoms with Crippen molar-refractivity contribution in [2.75, 3.05) is 26.6 Å². The van der Waals surface area contributed by atoms with Gasteiger partial charge in [0.2, 0.25) is 0 Å². The van der Waals surface area contributed by atoms with Crippen molar-refractivity contribution in [2.45, 2.75) is 27.4 Å². The van der Waals surface area contributed by atoms with Crippen LogP contribution in [0.3, 0.4) is 0 Å². The van der Waals surface area contributed by atoms with Gasteiger partial charge >= 0.3 is 11.9 Å². The summed E-state index contributed by atoms with van der Waals surface area (Å²) in [7, 11) is 4.01. The number of anilines is 1. The van der Waals surface area contributed by atoms with Gasteiger partial charge in [0.1, 0.15) is 18.1 Å². The Bertz CT molecular complexity index is 1280. The molecule has 0 aliphatic heterocycles. The first-order valence-corrected chi connectivity index (χ1v) is 11.2. The molecular weight excluding hydrogens is 462 g/mol. The van der Waals surface area contributed by atoms with Gasteiger partial charge < -0.3 is 24.3 Å². The number of rotatable bonds is 8. The Morgan fingerprint density at radius 2 is 1.39 bits per heavy atom. The second-order valence-corrected chi connectivity index (χ2v) is 8.26. The molecule has 36 heavy (non-hydrogen) atoms. The quantitative estimate of drug-likeness (QED) is 0.441. The Balaban J connectivity index is 1.87. The van der Waals surface area contributed by atoms with Gasteiger partial charge in [-0.15, -0.1) is 0 Å². The molecule has 3 aromatic rings. The number of nitrogens with one attached hydrogen (secondary N) is 1. The maximum atomic E-state index is 13.1. The molecule has 1 N–H and O–H groups in total. The number of amides is 1. The SMILES string of the molecule is COC(=O)c1cc(NC(=O)c2ccc(OC)c(COc3cc(C)cc(C)c3C)c2)cc(C(=O)OC)c1. The molecule has 8 heteroatoms. The maximum Gasteiger partial charge on any atom is 0.337 e. The molecule has 0 unspecified atom stereocenters. The summed E-state index contributed by atoms with van der Waals surface area (Å²) in [6, 6.07) is 13.2. The Labute approximate surface area is 210 Å². The molecule has 0 saturated carbocycles. The second-order valence-electron chi connectivity index (χ2n) is 8.26. The molecule has 0 saturated heterocycles. The minimum absolute atomic E-state index is 0.100. The van der Waals surface area contributed by atoms with Gasteiger partial charge in [-0.1, -0.05) is 6.07 Å². The highest BCUT2D eigenvalue weighted by Gasteiger charge is 2.17. The molecule has 1 amide bonds. The van der Waals surface area contributed by atoms with Crippen LogP contribution in [-0.4, -0.2) is 39.2 Å². The molecule has 0 heterocycles. The van der Waals surface area contributed by atoms with E-state index in [0.717, 1.165) is 22.4 Å². The largest absolute Gasteiger partial charge is 0.496 e. The van der Waals surface area contributed by atoms with Crippen molar-refractivity contribution < 1.29 is 33.3 Å². The van der Waals surface area contributed by atoms with Gasteiger partial charge in [0, 0.05) is 16.8 Å². The number of carbonyl (C=O) groups is 3. The van der Waals surface area contributed by atoms with Crippen molar-refractivity contribution >= 4 is 23.5 Å². The highest BCUT2D eigenvalue weighted by atomic mass is 16.5. The van der Waals surface area contributed by atoms with Crippen LogP contribution in [0.4, 0.5) is 5.69 Å². The fourth-order valence-electron chi connectivity index (χ4n) is 3.71. The van der Waals surface area contributed by atoms with Crippen molar-refractivity contribution in [3.63, 3.8) is 0 Å². The van der Waals surface area contributed by atoms with E-state index < -0.39 is 17.8 Å². The fraction of sp³-hybridized carbons (Fsp3) is 0.250. The molecule has 0 aromatic heterocycles. The number of methoxy groups -OCH3 is 3. The third-order valence-electron chi connectivity index (χ3n) is 5.72. The predicted octanol–water partition coefficient (Wildman–Crippen LogP) is 5.02. The molecule has 0 aliphatic rings. The normalized spacial score (nSPS) is 10.4. The standard InChI is InChI=1S/C28H29NO7/c1-16-9-17(2)18(3)25(10-16)36-15-22-11-19(7-8-24(22)33-4)26(30)29-23-13-20(27(31)34-5)12-21(14-23)28(32)35-6/h7-14H,15H2,1-6H3,(H,29,30). The second kappa shape index (κ2) is 11.4. The first kappa shape index (κ1) is 26.3. The highest BCUT2D eigenvalue weighted by Crippen LogP contribution is 2.27. The van der Waals surface area contributed by atoms with Crippen molar-refractivity contribution in [3.8, 4) is 11.5 Å². The van der Waals surface area contributed by atoms with E-state index in [4.69, 9.17) is 18.9 Å². The van der Waals surface area contributed by atoms with Crippen LogP contribution in [0.5, 0.6) is 11.5 Å². The average Bonchev–Trinajstić information content (AvgIpc) is 2.88. The van der Waals surface area contributed by atoms with Gasteiger partial charge in [-0.2, -0.15) is 0 Å². The van der Waals surface area contributed by atoms with Crippen molar-refractivity contribution in [1.82, 2.24) is 0 Å². The predicted molar refractivity (Wildman–Crippen MR) is 135 cm³/mol. The topological polar surface area (TPSA) is 100 Å². The molecule has 0 bridgehead atoms. The van der Waals surface area contributed by atoms with Crippen LogP contribution in [0, 0.1) is 20.8 Å². The van der Waals surface area contributed by atoms with Gasteiger partial charge in [0.15, 0.2) is 0 Å². The van der Waals surface area contributed by atoms with Crippen molar-refractivity contribution in [2.24, 2.45) is 0 Å². The summed E-state index contributed by atoms with van der Waals surface area (Å²) < 4.78 is 21.0. The average molecular weight is 492 g/mol.